The van der Waals surface area contributed by atoms with Crippen LogP contribution in [0.15, 0.2) is 54.9 Å². The van der Waals surface area contributed by atoms with Crippen molar-refractivity contribution in [2.45, 2.75) is 70.3 Å². The number of anilines is 2. The Morgan fingerprint density at radius 1 is 0.927 bits per heavy atom. The molecule has 218 valence electrons. The lowest BCUT2D eigenvalue weighted by atomic mass is 9.78. The molecule has 0 bridgehead atoms. The van der Waals surface area contributed by atoms with E-state index in [1.807, 2.05) is 42.4 Å². The molecular formula is C34H44N4O3. The average Bonchev–Trinajstić information content (AvgIpc) is 3.00. The molecule has 3 aromatic rings. The standard InChI is InChI=1S/C34H44N4O3/c1-23-18-28(14-17-32(23)41-4)25-10-8-24(9-11-25)22-38(33(40)26-12-15-31(39)16-13-26)30-7-5-6-27(19-30)29-20-35-34(36-21-29)37(2)3/h5-7,14,17-21,24-26,31,39H,8-13,15-16,22H2,1-4H3/t24-,25-,26-,31-. The number of hydrogen-bond acceptors (Lipinski definition) is 6. The van der Waals surface area contributed by atoms with Crippen LogP contribution in [0.1, 0.15) is 68.4 Å². The minimum atomic E-state index is -0.280. The van der Waals surface area contributed by atoms with Crippen LogP contribution in [0.3, 0.4) is 0 Å². The minimum absolute atomic E-state index is 0.0385. The van der Waals surface area contributed by atoms with Gasteiger partial charge in [0, 0.05) is 50.2 Å². The number of carbonyl (C=O) groups excluding carboxylic acids is 1. The van der Waals surface area contributed by atoms with Crippen LogP contribution in [-0.2, 0) is 4.79 Å². The number of nitrogens with zero attached hydrogens (tertiary/aromatic N) is 4. The summed E-state index contributed by atoms with van der Waals surface area (Å²) in [5, 5.41) is 10.1. The van der Waals surface area contributed by atoms with Crippen molar-refractivity contribution in [3.05, 3.63) is 66.0 Å². The molecule has 0 radical (unpaired) electrons. The zero-order valence-electron chi connectivity index (χ0n) is 24.9. The van der Waals surface area contributed by atoms with Gasteiger partial charge in [0.2, 0.25) is 11.9 Å². The highest BCUT2D eigenvalue weighted by atomic mass is 16.5. The van der Waals surface area contributed by atoms with Crippen molar-refractivity contribution in [2.75, 3.05) is 37.5 Å². The Morgan fingerprint density at radius 3 is 2.27 bits per heavy atom. The van der Waals surface area contributed by atoms with Gasteiger partial charge in [-0.2, -0.15) is 0 Å². The zero-order valence-corrected chi connectivity index (χ0v) is 24.9. The molecule has 1 amide bonds. The van der Waals surface area contributed by atoms with Crippen molar-refractivity contribution in [1.82, 2.24) is 9.97 Å². The van der Waals surface area contributed by atoms with E-state index in [4.69, 9.17) is 4.74 Å². The van der Waals surface area contributed by atoms with E-state index in [9.17, 15) is 9.90 Å². The van der Waals surface area contributed by atoms with Gasteiger partial charge >= 0.3 is 0 Å². The molecule has 0 unspecified atom stereocenters. The maximum atomic E-state index is 14.0. The highest BCUT2D eigenvalue weighted by Gasteiger charge is 2.32. The molecule has 0 aliphatic heterocycles. The van der Waals surface area contributed by atoms with Crippen LogP contribution in [0.4, 0.5) is 11.6 Å². The highest BCUT2D eigenvalue weighted by molar-refractivity contribution is 5.95. The fourth-order valence-corrected chi connectivity index (χ4v) is 6.51. The number of carbonyl (C=O) groups is 1. The van der Waals surface area contributed by atoms with Crippen LogP contribution in [0, 0.1) is 18.8 Å². The number of rotatable bonds is 8. The smallest absolute Gasteiger partial charge is 0.230 e. The summed E-state index contributed by atoms with van der Waals surface area (Å²) in [5.74, 6) is 2.77. The molecule has 2 aliphatic carbocycles. The molecule has 0 saturated heterocycles. The van der Waals surface area contributed by atoms with E-state index in [1.54, 1.807) is 7.11 Å². The monoisotopic (exact) mass is 556 g/mol. The van der Waals surface area contributed by atoms with Crippen LogP contribution in [0.5, 0.6) is 5.75 Å². The molecule has 2 saturated carbocycles. The number of aliphatic hydroxyl groups excluding tert-OH is 1. The third-order valence-electron chi connectivity index (χ3n) is 9.02. The minimum Gasteiger partial charge on any atom is -0.496 e. The van der Waals surface area contributed by atoms with Crippen LogP contribution >= 0.6 is 0 Å². The molecule has 0 atom stereocenters. The lowest BCUT2D eigenvalue weighted by Gasteiger charge is -2.36. The third kappa shape index (κ3) is 6.89. The molecule has 41 heavy (non-hydrogen) atoms. The number of aryl methyl sites for hydroxylation is 1. The molecule has 1 N–H and O–H groups in total. The normalized spacial score (nSPS) is 22.7. The first-order valence-electron chi connectivity index (χ1n) is 15.1. The van der Waals surface area contributed by atoms with E-state index >= 15 is 0 Å². The Kier molecular flexibility index (Phi) is 9.23. The first kappa shape index (κ1) is 29.1. The van der Waals surface area contributed by atoms with Crippen molar-refractivity contribution in [3.63, 3.8) is 0 Å². The molecule has 7 heteroatoms. The summed E-state index contributed by atoms with van der Waals surface area (Å²) in [6, 6.07) is 14.8. The zero-order chi connectivity index (χ0) is 28.9. The van der Waals surface area contributed by atoms with Crippen molar-refractivity contribution < 1.29 is 14.6 Å². The summed E-state index contributed by atoms with van der Waals surface area (Å²) in [4.78, 5) is 26.9. The van der Waals surface area contributed by atoms with Gasteiger partial charge in [0.05, 0.1) is 13.2 Å². The van der Waals surface area contributed by atoms with E-state index in [0.29, 0.717) is 30.6 Å². The van der Waals surface area contributed by atoms with E-state index in [2.05, 4.69) is 53.3 Å². The van der Waals surface area contributed by atoms with Crippen molar-refractivity contribution >= 4 is 17.5 Å². The summed E-state index contributed by atoms with van der Waals surface area (Å²) >= 11 is 0. The average molecular weight is 557 g/mol. The quantitative estimate of drug-likeness (QED) is 0.347. The Morgan fingerprint density at radius 2 is 1.63 bits per heavy atom. The molecule has 7 nitrogen and oxygen atoms in total. The van der Waals surface area contributed by atoms with Crippen LogP contribution in [0.2, 0.25) is 0 Å². The maximum absolute atomic E-state index is 14.0. The highest BCUT2D eigenvalue weighted by Crippen LogP contribution is 2.39. The number of benzene rings is 2. The molecular weight excluding hydrogens is 512 g/mol. The fraction of sp³-hybridized carbons (Fsp3) is 0.500. The second kappa shape index (κ2) is 13.0. The van der Waals surface area contributed by atoms with Gasteiger partial charge in [-0.05, 0) is 105 Å². The molecule has 2 aliphatic rings. The summed E-state index contributed by atoms with van der Waals surface area (Å²) in [6.45, 7) is 2.84. The molecule has 1 aromatic heterocycles. The Hall–Kier alpha value is -3.45. The summed E-state index contributed by atoms with van der Waals surface area (Å²) in [7, 11) is 5.57. The van der Waals surface area contributed by atoms with Gasteiger partial charge in [-0.25, -0.2) is 9.97 Å². The summed E-state index contributed by atoms with van der Waals surface area (Å²) < 4.78 is 5.46. The Bertz CT molecular complexity index is 1310. The Labute approximate surface area is 244 Å². The van der Waals surface area contributed by atoms with Gasteiger partial charge in [-0.15, -0.1) is 0 Å². The van der Waals surface area contributed by atoms with Gasteiger partial charge in [-0.3, -0.25) is 4.79 Å². The molecule has 2 aromatic carbocycles. The van der Waals surface area contributed by atoms with Crippen LogP contribution in [0.25, 0.3) is 11.1 Å². The van der Waals surface area contributed by atoms with Crippen molar-refractivity contribution in [2.24, 2.45) is 11.8 Å². The SMILES string of the molecule is COc1ccc([C@H]2CC[C@H](CN(c3cccc(-c4cnc(N(C)C)nc4)c3)C(=O)[C@H]3CC[C@H](O)CC3)CC2)cc1C. The molecule has 1 heterocycles. The lowest BCUT2D eigenvalue weighted by Crippen LogP contribution is -2.41. The second-order valence-corrected chi connectivity index (χ2v) is 12.1. The second-order valence-electron chi connectivity index (χ2n) is 12.1. The van der Waals surface area contributed by atoms with Crippen molar-refractivity contribution in [3.8, 4) is 16.9 Å². The van der Waals surface area contributed by atoms with E-state index < -0.39 is 0 Å². The number of methoxy groups -OCH3 is 1. The number of hydrogen-bond donors (Lipinski definition) is 1. The number of ether oxygens (including phenoxy) is 1. The maximum Gasteiger partial charge on any atom is 0.230 e. The van der Waals surface area contributed by atoms with E-state index in [1.165, 1.54) is 11.1 Å². The van der Waals surface area contributed by atoms with Gasteiger partial charge < -0.3 is 19.6 Å². The topological polar surface area (TPSA) is 78.8 Å². The number of aliphatic hydroxyl groups is 1. The van der Waals surface area contributed by atoms with Crippen molar-refractivity contribution in [1.29, 1.82) is 0 Å². The lowest BCUT2D eigenvalue weighted by molar-refractivity contribution is -0.124. The predicted octanol–water partition coefficient (Wildman–Crippen LogP) is 6.38. The first-order valence-corrected chi connectivity index (χ1v) is 15.1. The number of amides is 1. The van der Waals surface area contributed by atoms with E-state index in [-0.39, 0.29) is 17.9 Å². The molecule has 0 spiro atoms. The molecule has 2 fully saturated rings. The van der Waals surface area contributed by atoms with Crippen LogP contribution in [-0.4, -0.2) is 54.8 Å². The van der Waals surface area contributed by atoms with Gasteiger partial charge in [0.15, 0.2) is 0 Å². The van der Waals surface area contributed by atoms with Gasteiger partial charge in [-0.1, -0.05) is 24.3 Å². The summed E-state index contributed by atoms with van der Waals surface area (Å²) in [5.41, 5.74) is 5.45. The van der Waals surface area contributed by atoms with Crippen LogP contribution < -0.4 is 14.5 Å². The first-order chi connectivity index (χ1) is 19.8. The number of aromatic nitrogens is 2. The van der Waals surface area contributed by atoms with E-state index in [0.717, 1.165) is 67.6 Å². The largest absolute Gasteiger partial charge is 0.496 e. The van der Waals surface area contributed by atoms with Gasteiger partial charge in [0.25, 0.3) is 0 Å². The molecule has 5 rings (SSSR count). The Balaban J connectivity index is 1.34. The predicted molar refractivity (Wildman–Crippen MR) is 165 cm³/mol. The fourth-order valence-electron chi connectivity index (χ4n) is 6.51. The summed E-state index contributed by atoms with van der Waals surface area (Å²) in [6.07, 6.45) is 10.8. The third-order valence-corrected chi connectivity index (χ3v) is 9.02. The van der Waals surface area contributed by atoms with Gasteiger partial charge in [0.1, 0.15) is 5.75 Å².